The van der Waals surface area contributed by atoms with Crippen LogP contribution in [0.5, 0.6) is 0 Å². The first-order valence-corrected chi connectivity index (χ1v) is 12.5. The summed E-state index contributed by atoms with van der Waals surface area (Å²) in [7, 11) is 0. The number of benzene rings is 1. The zero-order valence-electron chi connectivity index (χ0n) is 20.1. The molecule has 1 aromatic heterocycles. The topological polar surface area (TPSA) is 38.1 Å². The van der Waals surface area contributed by atoms with Crippen molar-refractivity contribution in [3.63, 3.8) is 0 Å². The van der Waals surface area contributed by atoms with E-state index in [9.17, 15) is 4.79 Å². The van der Waals surface area contributed by atoms with E-state index in [4.69, 9.17) is 0 Å². The van der Waals surface area contributed by atoms with Crippen LogP contribution in [-0.4, -0.2) is 27.0 Å². The number of rotatable bonds is 5. The standard InChI is InChI=1S/C29H35N3O/c1-5-24-27-25(6-2)31(20(3)4)16-17-32(27)26(30-28(24)33)19-29(14-7-8-15-29)23-13-12-21-10-9-11-22(21)18-23/h5,12-13,18,20H,1-2,7-11,14-17,19H2,3-4H3. The summed E-state index contributed by atoms with van der Waals surface area (Å²) in [5.74, 6) is 0.902. The first-order valence-electron chi connectivity index (χ1n) is 12.5. The lowest BCUT2D eigenvalue weighted by atomic mass is 9.75. The van der Waals surface area contributed by atoms with Gasteiger partial charge in [0.2, 0.25) is 0 Å². The molecule has 0 saturated heterocycles. The van der Waals surface area contributed by atoms with Crippen molar-refractivity contribution >= 4 is 11.8 Å². The number of aromatic nitrogens is 2. The number of nitrogens with zero attached hydrogens (tertiary/aromatic N) is 3. The summed E-state index contributed by atoms with van der Waals surface area (Å²) in [6, 6.07) is 7.49. The van der Waals surface area contributed by atoms with Gasteiger partial charge in [-0.2, -0.15) is 4.98 Å². The molecule has 2 heterocycles. The third-order valence-electron chi connectivity index (χ3n) is 8.14. The Morgan fingerprint density at radius 2 is 1.91 bits per heavy atom. The minimum atomic E-state index is -0.188. The second kappa shape index (κ2) is 8.50. The molecule has 0 atom stereocenters. The molecule has 172 valence electrons. The summed E-state index contributed by atoms with van der Waals surface area (Å²) in [5, 5.41) is 0. The van der Waals surface area contributed by atoms with Gasteiger partial charge >= 0.3 is 0 Å². The van der Waals surface area contributed by atoms with E-state index in [-0.39, 0.29) is 11.0 Å². The number of aryl methyl sites for hydroxylation is 2. The number of fused-ring (bicyclic) bond motifs is 2. The molecule has 3 aliphatic rings. The number of hydrogen-bond donors (Lipinski definition) is 0. The third-order valence-corrected chi connectivity index (χ3v) is 8.14. The van der Waals surface area contributed by atoms with Gasteiger partial charge in [-0.15, -0.1) is 5.73 Å². The number of hydrogen-bond acceptors (Lipinski definition) is 3. The van der Waals surface area contributed by atoms with E-state index in [0.717, 1.165) is 49.6 Å². The predicted octanol–water partition coefficient (Wildman–Crippen LogP) is 5.28. The van der Waals surface area contributed by atoms with Gasteiger partial charge in [0.15, 0.2) is 0 Å². The molecule has 1 aliphatic heterocycles. The Hall–Kier alpha value is -2.84. The highest BCUT2D eigenvalue weighted by Crippen LogP contribution is 2.45. The van der Waals surface area contributed by atoms with Crippen LogP contribution in [0.2, 0.25) is 0 Å². The van der Waals surface area contributed by atoms with Crippen LogP contribution in [-0.2, 0) is 31.2 Å². The largest absolute Gasteiger partial charge is 0.359 e. The maximum atomic E-state index is 13.2. The molecule has 0 amide bonds. The average molecular weight is 442 g/mol. The molecule has 4 nitrogen and oxygen atoms in total. The zero-order valence-corrected chi connectivity index (χ0v) is 20.1. The van der Waals surface area contributed by atoms with Gasteiger partial charge in [0.1, 0.15) is 11.5 Å². The van der Waals surface area contributed by atoms with Crippen molar-refractivity contribution in [2.24, 2.45) is 0 Å². The van der Waals surface area contributed by atoms with Gasteiger partial charge in [0.25, 0.3) is 5.56 Å². The van der Waals surface area contributed by atoms with Crippen molar-refractivity contribution in [3.05, 3.63) is 81.2 Å². The van der Waals surface area contributed by atoms with Gasteiger partial charge in [-0.05, 0) is 62.6 Å². The molecule has 4 heteroatoms. The Balaban J connectivity index is 1.64. The van der Waals surface area contributed by atoms with Crippen LogP contribution >= 0.6 is 0 Å². The van der Waals surface area contributed by atoms with E-state index >= 15 is 0 Å². The summed E-state index contributed by atoms with van der Waals surface area (Å²) < 4.78 is 2.26. The van der Waals surface area contributed by atoms with Crippen LogP contribution < -0.4 is 5.56 Å². The van der Waals surface area contributed by atoms with Gasteiger partial charge < -0.3 is 9.47 Å². The minimum Gasteiger partial charge on any atom is -0.359 e. The van der Waals surface area contributed by atoms with E-state index in [1.54, 1.807) is 6.08 Å². The van der Waals surface area contributed by atoms with E-state index in [1.807, 2.05) is 0 Å². The monoisotopic (exact) mass is 441 g/mol. The maximum absolute atomic E-state index is 13.2. The molecule has 1 fully saturated rings. The van der Waals surface area contributed by atoms with Crippen LogP contribution in [0.25, 0.3) is 11.8 Å². The summed E-state index contributed by atoms with van der Waals surface area (Å²) in [4.78, 5) is 20.1. The summed E-state index contributed by atoms with van der Waals surface area (Å²) in [5.41, 5.74) is 9.84. The lowest BCUT2D eigenvalue weighted by Gasteiger charge is -2.39. The fraction of sp³-hybridized carbons (Fsp3) is 0.483. The van der Waals surface area contributed by atoms with Gasteiger partial charge in [-0.1, -0.05) is 50.3 Å². The maximum Gasteiger partial charge on any atom is 0.280 e. The zero-order chi connectivity index (χ0) is 23.2. The molecular weight excluding hydrogens is 406 g/mol. The van der Waals surface area contributed by atoms with Crippen LogP contribution in [0.15, 0.2) is 41.9 Å². The lowest BCUT2D eigenvalue weighted by molar-refractivity contribution is 0.287. The van der Waals surface area contributed by atoms with Crippen LogP contribution in [0.3, 0.4) is 0 Å². The molecule has 0 unspecified atom stereocenters. The Morgan fingerprint density at radius 1 is 1.15 bits per heavy atom. The third kappa shape index (κ3) is 3.61. The molecule has 1 aromatic carbocycles. The van der Waals surface area contributed by atoms with Crippen LogP contribution in [0, 0.1) is 0 Å². The molecule has 2 aliphatic carbocycles. The van der Waals surface area contributed by atoms with Crippen molar-refractivity contribution in [1.82, 2.24) is 14.5 Å². The van der Waals surface area contributed by atoms with Crippen molar-refractivity contribution in [2.45, 2.75) is 83.2 Å². The second-order valence-electron chi connectivity index (χ2n) is 10.3. The molecule has 0 bridgehead atoms. The van der Waals surface area contributed by atoms with Gasteiger partial charge in [0, 0.05) is 31.0 Å². The first kappa shape index (κ1) is 22.0. The average Bonchev–Trinajstić information content (AvgIpc) is 3.48. The first-order chi connectivity index (χ1) is 16.0. The molecule has 33 heavy (non-hydrogen) atoms. The Labute approximate surface area is 197 Å². The Bertz CT molecular complexity index is 1210. The summed E-state index contributed by atoms with van der Waals surface area (Å²) >= 11 is 0. The van der Waals surface area contributed by atoms with Gasteiger partial charge in [0.05, 0.1) is 11.3 Å². The van der Waals surface area contributed by atoms with Gasteiger partial charge in [-0.25, -0.2) is 0 Å². The highest BCUT2D eigenvalue weighted by atomic mass is 16.1. The molecule has 2 aromatic rings. The second-order valence-corrected chi connectivity index (χ2v) is 10.3. The predicted molar refractivity (Wildman–Crippen MR) is 135 cm³/mol. The fourth-order valence-electron chi connectivity index (χ4n) is 6.41. The van der Waals surface area contributed by atoms with E-state index in [2.05, 4.69) is 65.4 Å². The molecule has 0 N–H and O–H groups in total. The smallest absolute Gasteiger partial charge is 0.280 e. The van der Waals surface area contributed by atoms with Crippen molar-refractivity contribution in [1.29, 1.82) is 0 Å². The highest BCUT2D eigenvalue weighted by molar-refractivity contribution is 5.70. The van der Waals surface area contributed by atoms with Crippen LogP contribution in [0.1, 0.15) is 79.7 Å². The van der Waals surface area contributed by atoms with Gasteiger partial charge in [-0.3, -0.25) is 4.79 Å². The molecule has 0 spiro atoms. The molecule has 5 rings (SSSR count). The van der Waals surface area contributed by atoms with E-state index < -0.39 is 0 Å². The molecular formula is C29H35N3O. The van der Waals surface area contributed by atoms with Crippen molar-refractivity contribution in [2.75, 3.05) is 6.54 Å². The summed E-state index contributed by atoms with van der Waals surface area (Å²) in [6.45, 7) is 13.9. The quantitative estimate of drug-likeness (QED) is 0.593. The Kier molecular flexibility index (Phi) is 5.66. The molecule has 0 radical (unpaired) electrons. The fourth-order valence-corrected chi connectivity index (χ4v) is 6.41. The van der Waals surface area contributed by atoms with Crippen molar-refractivity contribution < 1.29 is 0 Å². The van der Waals surface area contributed by atoms with Crippen LogP contribution in [0.4, 0.5) is 0 Å². The lowest BCUT2D eigenvalue weighted by Crippen LogP contribution is -2.41. The Morgan fingerprint density at radius 3 is 2.61 bits per heavy atom. The van der Waals surface area contributed by atoms with E-state index in [0.29, 0.717) is 11.6 Å². The summed E-state index contributed by atoms with van der Waals surface area (Å²) in [6.07, 6.45) is 10.9. The normalized spacial score (nSPS) is 18.9. The SMILES string of the molecule is C=C=C1c2c(C=C)c(=O)nc(CC3(c4ccc5c(c4)CCC5)CCCC3)n2CCN1C(C)C. The minimum absolute atomic E-state index is 0.0563. The molecule has 1 saturated carbocycles. The van der Waals surface area contributed by atoms with E-state index in [1.165, 1.54) is 48.8 Å². The van der Waals surface area contributed by atoms with Crippen molar-refractivity contribution in [3.8, 4) is 0 Å². The highest BCUT2D eigenvalue weighted by Gasteiger charge is 2.39.